The van der Waals surface area contributed by atoms with Gasteiger partial charge in [0.2, 0.25) is 5.78 Å². The molecule has 23 heavy (non-hydrogen) atoms. The van der Waals surface area contributed by atoms with Gasteiger partial charge in [-0.25, -0.2) is 4.98 Å². The molecule has 0 saturated carbocycles. The number of anilines is 2. The monoisotopic (exact) mass is 355 g/mol. The van der Waals surface area contributed by atoms with E-state index in [-0.39, 0.29) is 0 Å². The van der Waals surface area contributed by atoms with Gasteiger partial charge in [-0.15, -0.1) is 0 Å². The molecule has 0 aliphatic heterocycles. The van der Waals surface area contributed by atoms with Crippen LogP contribution in [0.1, 0.15) is 47.5 Å². The van der Waals surface area contributed by atoms with E-state index < -0.39 is 64.0 Å². The Morgan fingerprint density at radius 2 is 1.48 bits per heavy atom. The number of nitrogen functional groups attached to an aromatic ring is 2. The highest BCUT2D eigenvalue weighted by Gasteiger charge is 2.44. The highest BCUT2D eigenvalue weighted by atomic mass is 35.5. The average Bonchev–Trinajstić information content (AvgIpc) is 2.50. The van der Waals surface area contributed by atoms with Gasteiger partial charge in [-0.2, -0.15) is 17.6 Å². The number of ketones is 2. The van der Waals surface area contributed by atoms with Gasteiger partial charge in [0.1, 0.15) is 11.5 Å². The number of nitrogens with two attached hydrogens (primary N) is 2. The molecule has 0 bridgehead atoms. The van der Waals surface area contributed by atoms with Crippen LogP contribution in [0, 0.1) is 0 Å². The topological polar surface area (TPSA) is 99.1 Å². The maximum atomic E-state index is 13.6. The predicted octanol–water partition coefficient (Wildman–Crippen LogP) is 3.36. The Hall–Kier alpha value is -1.90. The van der Waals surface area contributed by atoms with E-state index in [0.717, 1.165) is 13.8 Å². The summed E-state index contributed by atoms with van der Waals surface area (Å²) in [5.41, 5.74) is 8.02. The first kappa shape index (κ1) is 19.1. The van der Waals surface area contributed by atoms with Crippen molar-refractivity contribution < 1.29 is 27.2 Å². The first-order chi connectivity index (χ1) is 10.4. The zero-order valence-corrected chi connectivity index (χ0v) is 13.0. The molecule has 10 heteroatoms. The van der Waals surface area contributed by atoms with Crippen LogP contribution in [-0.4, -0.2) is 28.4 Å². The van der Waals surface area contributed by atoms with Crippen molar-refractivity contribution in [1.82, 2.24) is 4.98 Å². The predicted molar refractivity (Wildman–Crippen MR) is 77.2 cm³/mol. The average molecular weight is 356 g/mol. The standard InChI is InChI=1S/C13H14ClF4N3O2/c1-3-12(15,16)9(22)5-6(14)8(21-11(20)7(5)19)10(23)13(17,18)4-2/h3-4,19H2,1-2H3,(H2,20,21). The number of halogens is 5. The highest BCUT2D eigenvalue weighted by molar-refractivity contribution is 6.38. The van der Waals surface area contributed by atoms with Crippen LogP contribution in [0.15, 0.2) is 0 Å². The van der Waals surface area contributed by atoms with Gasteiger partial charge < -0.3 is 11.5 Å². The molecule has 1 aromatic rings. The Labute approximate surface area is 134 Å². The van der Waals surface area contributed by atoms with Gasteiger partial charge in [0.25, 0.3) is 5.78 Å². The Morgan fingerprint density at radius 3 is 1.91 bits per heavy atom. The van der Waals surface area contributed by atoms with Gasteiger partial charge in [0.15, 0.2) is 0 Å². The van der Waals surface area contributed by atoms with Crippen molar-refractivity contribution in [3.63, 3.8) is 0 Å². The van der Waals surface area contributed by atoms with E-state index in [4.69, 9.17) is 23.1 Å². The molecule has 5 nitrogen and oxygen atoms in total. The summed E-state index contributed by atoms with van der Waals surface area (Å²) in [6, 6.07) is 0. The van der Waals surface area contributed by atoms with Gasteiger partial charge in [-0.05, 0) is 0 Å². The van der Waals surface area contributed by atoms with E-state index in [2.05, 4.69) is 4.98 Å². The minimum atomic E-state index is -3.85. The van der Waals surface area contributed by atoms with E-state index in [0.29, 0.717) is 0 Å². The molecule has 0 aliphatic carbocycles. The molecule has 1 rings (SSSR count). The van der Waals surface area contributed by atoms with Crippen LogP contribution in [0.3, 0.4) is 0 Å². The van der Waals surface area contributed by atoms with Gasteiger partial charge in [-0.1, -0.05) is 25.4 Å². The molecule has 4 N–H and O–H groups in total. The molecule has 0 unspecified atom stereocenters. The number of nitrogens with zero attached hydrogens (tertiary/aromatic N) is 1. The number of hydrogen-bond donors (Lipinski definition) is 2. The zero-order chi connectivity index (χ0) is 18.2. The first-order valence-electron chi connectivity index (χ1n) is 6.50. The lowest BCUT2D eigenvalue weighted by atomic mass is 9.99. The van der Waals surface area contributed by atoms with Gasteiger partial charge in [0.05, 0.1) is 16.3 Å². The fraction of sp³-hybridized carbons (Fsp3) is 0.462. The second-order valence-corrected chi connectivity index (χ2v) is 5.10. The first-order valence-corrected chi connectivity index (χ1v) is 6.88. The number of alkyl halides is 4. The molecule has 0 radical (unpaired) electrons. The van der Waals surface area contributed by atoms with Crippen molar-refractivity contribution in [3.05, 3.63) is 16.3 Å². The number of pyridine rings is 1. The zero-order valence-electron chi connectivity index (χ0n) is 12.2. The van der Waals surface area contributed by atoms with Crippen LogP contribution < -0.4 is 11.5 Å². The maximum absolute atomic E-state index is 13.6. The number of rotatable bonds is 6. The van der Waals surface area contributed by atoms with Crippen LogP contribution in [0.25, 0.3) is 0 Å². The lowest BCUT2D eigenvalue weighted by Gasteiger charge is -2.19. The molecule has 0 aliphatic rings. The second kappa shape index (κ2) is 6.31. The molecule has 0 aromatic carbocycles. The van der Waals surface area contributed by atoms with Crippen LogP contribution in [0.2, 0.25) is 5.02 Å². The summed E-state index contributed by atoms with van der Waals surface area (Å²) in [6.07, 6.45) is -1.75. The van der Waals surface area contributed by atoms with E-state index >= 15 is 0 Å². The molecule has 1 aromatic heterocycles. The third-order valence-electron chi connectivity index (χ3n) is 3.20. The molecule has 0 spiro atoms. The quantitative estimate of drug-likeness (QED) is 0.602. The molecular weight excluding hydrogens is 342 g/mol. The van der Waals surface area contributed by atoms with Crippen molar-refractivity contribution in [3.8, 4) is 0 Å². The van der Waals surface area contributed by atoms with Crippen molar-refractivity contribution in [2.75, 3.05) is 11.5 Å². The molecule has 0 saturated heterocycles. The summed E-state index contributed by atoms with van der Waals surface area (Å²) >= 11 is 5.70. The molecule has 128 valence electrons. The SMILES string of the molecule is CCC(F)(F)C(=O)c1nc(N)c(N)c(C(=O)C(F)(F)CC)c1Cl. The fourth-order valence-corrected chi connectivity index (χ4v) is 1.96. The van der Waals surface area contributed by atoms with Crippen molar-refractivity contribution in [1.29, 1.82) is 0 Å². The largest absolute Gasteiger partial charge is 0.395 e. The molecule has 1 heterocycles. The van der Waals surface area contributed by atoms with Crippen molar-refractivity contribution in [2.45, 2.75) is 38.5 Å². The van der Waals surface area contributed by atoms with Gasteiger partial charge in [-0.3, -0.25) is 9.59 Å². The molecule has 0 fully saturated rings. The molecule has 0 amide bonds. The lowest BCUT2D eigenvalue weighted by molar-refractivity contribution is 0.00700. The van der Waals surface area contributed by atoms with Gasteiger partial charge in [0, 0.05) is 12.8 Å². The minimum absolute atomic E-state index is 0.690. The van der Waals surface area contributed by atoms with E-state index in [9.17, 15) is 27.2 Å². The van der Waals surface area contributed by atoms with Crippen molar-refractivity contribution >= 4 is 34.7 Å². The second-order valence-electron chi connectivity index (χ2n) is 4.72. The number of carbonyl (C=O) groups excluding carboxylic acids is 2. The number of carbonyl (C=O) groups is 2. The van der Waals surface area contributed by atoms with Crippen LogP contribution in [0.5, 0.6) is 0 Å². The number of hydrogen-bond acceptors (Lipinski definition) is 5. The number of aromatic nitrogens is 1. The normalized spacial score (nSPS) is 12.3. The Kier molecular flexibility index (Phi) is 5.25. The van der Waals surface area contributed by atoms with Crippen LogP contribution >= 0.6 is 11.6 Å². The van der Waals surface area contributed by atoms with Crippen LogP contribution in [0.4, 0.5) is 29.1 Å². The fourth-order valence-electron chi connectivity index (χ4n) is 1.64. The Bertz CT molecular complexity index is 665. The third kappa shape index (κ3) is 3.39. The summed E-state index contributed by atoms with van der Waals surface area (Å²) in [4.78, 5) is 27.0. The lowest BCUT2D eigenvalue weighted by Crippen LogP contribution is -2.32. The highest BCUT2D eigenvalue weighted by Crippen LogP contribution is 2.37. The maximum Gasteiger partial charge on any atom is 0.311 e. The summed E-state index contributed by atoms with van der Waals surface area (Å²) < 4.78 is 54.2. The summed E-state index contributed by atoms with van der Waals surface area (Å²) in [5.74, 6) is -12.0. The third-order valence-corrected chi connectivity index (χ3v) is 3.57. The Morgan fingerprint density at radius 1 is 1.04 bits per heavy atom. The Balaban J connectivity index is 3.63. The smallest absolute Gasteiger partial charge is 0.311 e. The summed E-state index contributed by atoms with van der Waals surface area (Å²) in [7, 11) is 0. The van der Waals surface area contributed by atoms with E-state index in [1.54, 1.807) is 0 Å². The van der Waals surface area contributed by atoms with Crippen molar-refractivity contribution in [2.24, 2.45) is 0 Å². The number of Topliss-reactive ketones (excluding diaryl/α,β-unsaturated/α-hetero) is 2. The summed E-state index contributed by atoms with van der Waals surface area (Å²) in [5, 5.41) is -0.965. The minimum Gasteiger partial charge on any atom is -0.395 e. The molecule has 0 atom stereocenters. The summed E-state index contributed by atoms with van der Waals surface area (Å²) in [6.45, 7) is 2.06. The van der Waals surface area contributed by atoms with E-state index in [1.807, 2.05) is 0 Å². The molecular formula is C13H14ClF4N3O2. The van der Waals surface area contributed by atoms with Gasteiger partial charge >= 0.3 is 11.8 Å². The van der Waals surface area contributed by atoms with E-state index in [1.165, 1.54) is 0 Å². The van der Waals surface area contributed by atoms with Crippen LogP contribution in [-0.2, 0) is 0 Å².